The van der Waals surface area contributed by atoms with Crippen LogP contribution in [0.1, 0.15) is 13.8 Å². The molecule has 2 N–H and O–H groups in total. The molecule has 11 heavy (non-hydrogen) atoms. The summed E-state index contributed by atoms with van der Waals surface area (Å²) in [4.78, 5) is 15.1. The molecule has 1 unspecified atom stereocenters. The zero-order valence-corrected chi connectivity index (χ0v) is 6.65. The molecule has 1 atom stereocenters. The average molecular weight is 163 g/mol. The Labute approximate surface area is 65.1 Å². The summed E-state index contributed by atoms with van der Waals surface area (Å²) >= 11 is 0. The van der Waals surface area contributed by atoms with Crippen molar-refractivity contribution in [2.24, 2.45) is 0 Å². The van der Waals surface area contributed by atoms with E-state index in [1.807, 2.05) is 0 Å². The Bertz CT molecular complexity index is 128. The van der Waals surface area contributed by atoms with E-state index in [4.69, 9.17) is 15.1 Å². The third-order valence-electron chi connectivity index (χ3n) is 1.12. The van der Waals surface area contributed by atoms with E-state index in [9.17, 15) is 4.79 Å². The highest BCUT2D eigenvalue weighted by atomic mass is 16.7. The van der Waals surface area contributed by atoms with Crippen LogP contribution in [0.25, 0.3) is 0 Å². The monoisotopic (exact) mass is 163 g/mol. The lowest BCUT2D eigenvalue weighted by Crippen LogP contribution is -2.39. The fourth-order valence-electron chi connectivity index (χ4n) is 0.584. The number of nitrogens with zero attached hydrogens (tertiary/aromatic N) is 1. The Morgan fingerprint density at radius 3 is 2.55 bits per heavy atom. The molecule has 0 saturated carbocycles. The number of amides is 1. The van der Waals surface area contributed by atoms with E-state index in [2.05, 4.69) is 0 Å². The van der Waals surface area contributed by atoms with E-state index in [1.165, 1.54) is 0 Å². The van der Waals surface area contributed by atoms with Gasteiger partial charge in [0.25, 0.3) is 0 Å². The Morgan fingerprint density at radius 1 is 1.73 bits per heavy atom. The van der Waals surface area contributed by atoms with Gasteiger partial charge in [0, 0.05) is 0 Å². The van der Waals surface area contributed by atoms with Crippen LogP contribution in [0.2, 0.25) is 0 Å². The van der Waals surface area contributed by atoms with E-state index in [-0.39, 0.29) is 13.2 Å². The van der Waals surface area contributed by atoms with Crippen molar-refractivity contribution in [2.75, 3.05) is 13.2 Å². The molecule has 0 aliphatic carbocycles. The molecule has 0 aromatic heterocycles. The zero-order chi connectivity index (χ0) is 8.85. The molecule has 0 radical (unpaired) electrons. The fourth-order valence-corrected chi connectivity index (χ4v) is 0.584. The molecular weight excluding hydrogens is 150 g/mol. The van der Waals surface area contributed by atoms with Gasteiger partial charge in [-0.1, -0.05) is 0 Å². The third-order valence-corrected chi connectivity index (χ3v) is 1.12. The topological polar surface area (TPSA) is 70.0 Å². The maximum atomic E-state index is 10.4. The molecule has 1 amide bonds. The Balaban J connectivity index is 3.97. The Morgan fingerprint density at radius 2 is 2.27 bits per heavy atom. The van der Waals surface area contributed by atoms with Crippen molar-refractivity contribution < 1.29 is 19.8 Å². The van der Waals surface area contributed by atoms with Crippen LogP contribution >= 0.6 is 0 Å². The number of aliphatic hydroxyl groups excluding tert-OH is 1. The van der Waals surface area contributed by atoms with Gasteiger partial charge >= 0.3 is 6.09 Å². The number of hydroxylamine groups is 2. The number of aliphatic hydroxyl groups is 1. The number of carbonyl (C=O) groups is 1. The van der Waals surface area contributed by atoms with E-state index in [1.54, 1.807) is 13.8 Å². The Hall–Kier alpha value is -0.810. The van der Waals surface area contributed by atoms with E-state index in [0.717, 1.165) is 5.06 Å². The van der Waals surface area contributed by atoms with Gasteiger partial charge in [-0.15, -0.1) is 0 Å². The average Bonchev–Trinajstić information content (AvgIpc) is 1.98. The summed E-state index contributed by atoms with van der Waals surface area (Å²) in [5, 5.41) is 17.8. The van der Waals surface area contributed by atoms with Crippen LogP contribution < -0.4 is 0 Å². The first-order valence-corrected chi connectivity index (χ1v) is 3.39. The molecular formula is C6H13NO4. The quantitative estimate of drug-likeness (QED) is 0.585. The van der Waals surface area contributed by atoms with Gasteiger partial charge in [-0.3, -0.25) is 4.84 Å². The first-order chi connectivity index (χ1) is 5.13. The molecule has 0 aliphatic rings. The summed E-state index contributed by atoms with van der Waals surface area (Å²) in [5.74, 6) is 0. The van der Waals surface area contributed by atoms with E-state index in [0.29, 0.717) is 0 Å². The first kappa shape index (κ1) is 10.2. The lowest BCUT2D eigenvalue weighted by Gasteiger charge is -2.22. The fraction of sp³-hybridized carbons (Fsp3) is 0.833. The van der Waals surface area contributed by atoms with Crippen molar-refractivity contribution in [2.45, 2.75) is 19.9 Å². The molecule has 0 aromatic carbocycles. The smallest absolute Gasteiger partial charge is 0.431 e. The van der Waals surface area contributed by atoms with Crippen LogP contribution in [0.3, 0.4) is 0 Å². The maximum absolute atomic E-state index is 10.4. The van der Waals surface area contributed by atoms with Crippen molar-refractivity contribution in [3.63, 3.8) is 0 Å². The largest absolute Gasteiger partial charge is 0.463 e. The Kier molecular flexibility index (Phi) is 4.56. The number of carboxylic acid groups (broad SMARTS) is 1. The van der Waals surface area contributed by atoms with Crippen molar-refractivity contribution in [1.82, 2.24) is 5.06 Å². The minimum absolute atomic E-state index is 0.244. The van der Waals surface area contributed by atoms with Crippen molar-refractivity contribution in [3.05, 3.63) is 0 Å². The predicted molar refractivity (Wildman–Crippen MR) is 38.0 cm³/mol. The van der Waals surface area contributed by atoms with Crippen molar-refractivity contribution in [3.8, 4) is 0 Å². The van der Waals surface area contributed by atoms with Crippen LogP contribution in [0.15, 0.2) is 0 Å². The van der Waals surface area contributed by atoms with E-state index < -0.39 is 12.1 Å². The summed E-state index contributed by atoms with van der Waals surface area (Å²) in [5.41, 5.74) is 0. The molecule has 5 heteroatoms. The molecule has 0 fully saturated rings. The van der Waals surface area contributed by atoms with Gasteiger partial charge in [-0.25, -0.2) is 4.79 Å². The highest BCUT2D eigenvalue weighted by Crippen LogP contribution is 1.99. The normalized spacial score (nSPS) is 12.6. The minimum Gasteiger partial charge on any atom is -0.463 e. The highest BCUT2D eigenvalue weighted by molar-refractivity contribution is 5.63. The molecule has 0 aromatic rings. The molecule has 66 valence electrons. The van der Waals surface area contributed by atoms with Crippen molar-refractivity contribution in [1.29, 1.82) is 0 Å². The lowest BCUT2D eigenvalue weighted by atomic mass is 10.4. The number of hydrogen-bond donors (Lipinski definition) is 2. The first-order valence-electron chi connectivity index (χ1n) is 3.39. The summed E-state index contributed by atoms with van der Waals surface area (Å²) < 4.78 is 0. The van der Waals surface area contributed by atoms with Gasteiger partial charge in [0.05, 0.1) is 19.3 Å². The third kappa shape index (κ3) is 3.20. The number of hydrogen-bond acceptors (Lipinski definition) is 3. The van der Waals surface area contributed by atoms with Gasteiger partial charge in [-0.05, 0) is 13.8 Å². The summed E-state index contributed by atoms with van der Waals surface area (Å²) in [6, 6.07) is -0.521. The highest BCUT2D eigenvalue weighted by Gasteiger charge is 2.18. The van der Waals surface area contributed by atoms with Crippen LogP contribution in [-0.4, -0.2) is 40.6 Å². The van der Waals surface area contributed by atoms with Gasteiger partial charge in [0.1, 0.15) is 0 Å². The second-order valence-corrected chi connectivity index (χ2v) is 2.06. The predicted octanol–water partition coefficient (Wildman–Crippen LogP) is 0.299. The van der Waals surface area contributed by atoms with E-state index >= 15 is 0 Å². The minimum atomic E-state index is -1.19. The van der Waals surface area contributed by atoms with Crippen LogP contribution in [-0.2, 0) is 4.84 Å². The second kappa shape index (κ2) is 4.92. The zero-order valence-electron chi connectivity index (χ0n) is 6.65. The van der Waals surface area contributed by atoms with Crippen LogP contribution in [0.5, 0.6) is 0 Å². The molecule has 0 heterocycles. The lowest BCUT2D eigenvalue weighted by molar-refractivity contribution is -0.156. The number of rotatable bonds is 4. The van der Waals surface area contributed by atoms with Crippen LogP contribution in [0.4, 0.5) is 4.79 Å². The molecule has 5 nitrogen and oxygen atoms in total. The summed E-state index contributed by atoms with van der Waals surface area (Å²) in [6.07, 6.45) is -1.19. The van der Waals surface area contributed by atoms with Gasteiger partial charge < -0.3 is 10.2 Å². The molecule has 0 saturated heterocycles. The van der Waals surface area contributed by atoms with Crippen molar-refractivity contribution >= 4 is 6.09 Å². The summed E-state index contributed by atoms with van der Waals surface area (Å²) in [7, 11) is 0. The van der Waals surface area contributed by atoms with Gasteiger partial charge in [0.2, 0.25) is 0 Å². The standard InChI is InChI=1S/C6H13NO4/c1-3-11-7(6(9)10)5(2)4-8/h5,8H,3-4H2,1-2H3,(H,9,10). The molecule has 0 bridgehead atoms. The van der Waals surface area contributed by atoms with Crippen LogP contribution in [0, 0.1) is 0 Å². The maximum Gasteiger partial charge on any atom is 0.431 e. The summed E-state index contributed by atoms with van der Waals surface area (Å²) in [6.45, 7) is 3.27. The van der Waals surface area contributed by atoms with Gasteiger partial charge in [-0.2, -0.15) is 5.06 Å². The van der Waals surface area contributed by atoms with Gasteiger partial charge in [0.15, 0.2) is 0 Å². The molecule has 0 spiro atoms. The second-order valence-electron chi connectivity index (χ2n) is 2.06. The SMILES string of the molecule is CCON(C(=O)O)C(C)CO. The molecule has 0 aliphatic heterocycles. The molecule has 0 rings (SSSR count).